The molecule has 196 valence electrons. The maximum atomic E-state index is 12.9. The molecule has 0 aliphatic heterocycles. The molecule has 9 nitrogen and oxygen atoms in total. The molecule has 0 radical (unpaired) electrons. The number of ether oxygens (including phenoxy) is 1. The monoisotopic (exact) mass is 531 g/mol. The Morgan fingerprint density at radius 1 is 1.05 bits per heavy atom. The molecule has 3 N–H and O–H groups in total. The summed E-state index contributed by atoms with van der Waals surface area (Å²) in [6.45, 7) is 6.08. The van der Waals surface area contributed by atoms with Gasteiger partial charge < -0.3 is 20.5 Å². The van der Waals surface area contributed by atoms with Gasteiger partial charge in [0.15, 0.2) is 5.82 Å². The van der Waals surface area contributed by atoms with Crippen LogP contribution < -0.4 is 15.4 Å². The van der Waals surface area contributed by atoms with E-state index in [0.29, 0.717) is 29.5 Å². The highest BCUT2D eigenvalue weighted by atomic mass is 32.1. The van der Waals surface area contributed by atoms with Crippen LogP contribution in [-0.4, -0.2) is 44.5 Å². The van der Waals surface area contributed by atoms with Gasteiger partial charge in [0.05, 0.1) is 13.7 Å². The lowest BCUT2D eigenvalue weighted by atomic mass is 9.98. The van der Waals surface area contributed by atoms with Gasteiger partial charge in [-0.3, -0.25) is 4.79 Å². The normalized spacial score (nSPS) is 11.6. The number of carboxylic acids is 1. The van der Waals surface area contributed by atoms with Crippen LogP contribution in [0.15, 0.2) is 54.7 Å². The predicted octanol–water partition coefficient (Wildman–Crippen LogP) is 4.57. The van der Waals surface area contributed by atoms with Gasteiger partial charge >= 0.3 is 5.97 Å². The summed E-state index contributed by atoms with van der Waals surface area (Å²) < 4.78 is 9.61. The number of anilines is 1. The molecule has 0 aliphatic rings. The van der Waals surface area contributed by atoms with Gasteiger partial charge in [-0.1, -0.05) is 42.0 Å². The third-order valence-corrected chi connectivity index (χ3v) is 6.81. The van der Waals surface area contributed by atoms with E-state index in [4.69, 9.17) is 4.74 Å². The second-order valence-electron chi connectivity index (χ2n) is 8.99. The first kappa shape index (κ1) is 26.7. The molecular formula is C28H29N5O4S. The fraction of sp³-hybridized carbons (Fsp3) is 0.250. The van der Waals surface area contributed by atoms with Crippen LogP contribution in [0.4, 0.5) is 5.82 Å². The van der Waals surface area contributed by atoms with Crippen molar-refractivity contribution in [2.24, 2.45) is 0 Å². The van der Waals surface area contributed by atoms with E-state index < -0.39 is 12.0 Å². The minimum absolute atomic E-state index is 0.157. The number of aliphatic carboxylic acids is 1. The minimum atomic E-state index is -1.09. The average Bonchev–Trinajstić information content (AvgIpc) is 3.36. The Hall–Kier alpha value is -4.31. The SMILES string of the molecule is COc1ccnc(NCc2nsc(-c3ccc(CC(NC(=O)c4c(C)cc(C)cc4C)C(=O)O)cc3)n2)c1. The Labute approximate surface area is 225 Å². The minimum Gasteiger partial charge on any atom is -0.497 e. The van der Waals surface area contributed by atoms with Crippen LogP contribution in [0.3, 0.4) is 0 Å². The van der Waals surface area contributed by atoms with Gasteiger partial charge in [-0.05, 0) is 55.1 Å². The molecule has 0 saturated carbocycles. The highest BCUT2D eigenvalue weighted by molar-refractivity contribution is 7.09. The molecule has 0 saturated heterocycles. The van der Waals surface area contributed by atoms with Crippen molar-refractivity contribution in [1.29, 1.82) is 0 Å². The van der Waals surface area contributed by atoms with Crippen molar-refractivity contribution in [3.8, 4) is 16.3 Å². The van der Waals surface area contributed by atoms with Crippen LogP contribution in [-0.2, 0) is 17.8 Å². The number of amides is 1. The van der Waals surface area contributed by atoms with Crippen molar-refractivity contribution in [2.75, 3.05) is 12.4 Å². The van der Waals surface area contributed by atoms with Gasteiger partial charge in [0.1, 0.15) is 22.6 Å². The molecule has 4 aromatic rings. The van der Waals surface area contributed by atoms with Crippen molar-refractivity contribution in [2.45, 2.75) is 39.8 Å². The highest BCUT2D eigenvalue weighted by Crippen LogP contribution is 2.23. The van der Waals surface area contributed by atoms with Gasteiger partial charge in [-0.25, -0.2) is 14.8 Å². The number of methoxy groups -OCH3 is 1. The summed E-state index contributed by atoms with van der Waals surface area (Å²) in [6.07, 6.45) is 1.82. The molecular weight excluding hydrogens is 502 g/mol. The first-order valence-corrected chi connectivity index (χ1v) is 12.8. The van der Waals surface area contributed by atoms with Crippen LogP contribution in [0.1, 0.15) is 38.4 Å². The number of rotatable bonds is 10. The predicted molar refractivity (Wildman–Crippen MR) is 147 cm³/mol. The van der Waals surface area contributed by atoms with Crippen molar-refractivity contribution in [3.05, 3.63) is 88.4 Å². The molecule has 38 heavy (non-hydrogen) atoms. The van der Waals surface area contributed by atoms with E-state index in [1.165, 1.54) is 11.5 Å². The molecule has 0 fully saturated rings. The Balaban J connectivity index is 1.39. The number of nitrogens with zero attached hydrogens (tertiary/aromatic N) is 3. The third-order valence-electron chi connectivity index (χ3n) is 6.01. The van der Waals surface area contributed by atoms with Gasteiger partial charge in [0.25, 0.3) is 5.91 Å². The number of pyridine rings is 1. The van der Waals surface area contributed by atoms with Crippen LogP contribution in [0.25, 0.3) is 10.6 Å². The lowest BCUT2D eigenvalue weighted by Crippen LogP contribution is -2.42. The topological polar surface area (TPSA) is 126 Å². The smallest absolute Gasteiger partial charge is 0.326 e. The summed E-state index contributed by atoms with van der Waals surface area (Å²) in [5.41, 5.74) is 4.87. The Bertz CT molecular complexity index is 1430. The summed E-state index contributed by atoms with van der Waals surface area (Å²) in [5, 5.41) is 16.4. The quantitative estimate of drug-likeness (QED) is 0.272. The van der Waals surface area contributed by atoms with Crippen molar-refractivity contribution < 1.29 is 19.4 Å². The molecule has 2 aromatic carbocycles. The second kappa shape index (κ2) is 11.8. The van der Waals surface area contributed by atoms with Crippen molar-refractivity contribution in [3.63, 3.8) is 0 Å². The number of carbonyl (C=O) groups excluding carboxylic acids is 1. The summed E-state index contributed by atoms with van der Waals surface area (Å²) in [7, 11) is 1.60. The van der Waals surface area contributed by atoms with Gasteiger partial charge in [-0.15, -0.1) is 0 Å². The fourth-order valence-electron chi connectivity index (χ4n) is 4.24. The molecule has 1 atom stereocenters. The molecule has 1 amide bonds. The number of aromatic nitrogens is 3. The molecule has 0 aliphatic carbocycles. The van der Waals surface area contributed by atoms with Crippen molar-refractivity contribution >= 4 is 29.2 Å². The molecule has 2 aromatic heterocycles. The molecule has 2 heterocycles. The number of aryl methyl sites for hydroxylation is 3. The molecule has 0 spiro atoms. The fourth-order valence-corrected chi connectivity index (χ4v) is 4.92. The van der Waals surface area contributed by atoms with Crippen LogP contribution in [0, 0.1) is 20.8 Å². The maximum Gasteiger partial charge on any atom is 0.326 e. The number of carbonyl (C=O) groups is 2. The van der Waals surface area contributed by atoms with E-state index in [2.05, 4.69) is 25.0 Å². The average molecular weight is 532 g/mol. The summed E-state index contributed by atoms with van der Waals surface area (Å²) in [5.74, 6) is 0.534. The number of nitrogens with one attached hydrogen (secondary N) is 2. The van der Waals surface area contributed by atoms with E-state index in [1.807, 2.05) is 57.2 Å². The van der Waals surface area contributed by atoms with Gasteiger partial charge in [0, 0.05) is 29.8 Å². The summed E-state index contributed by atoms with van der Waals surface area (Å²) >= 11 is 1.28. The largest absolute Gasteiger partial charge is 0.497 e. The van der Waals surface area contributed by atoms with E-state index in [-0.39, 0.29) is 12.3 Å². The zero-order valence-corrected chi connectivity index (χ0v) is 22.4. The zero-order chi connectivity index (χ0) is 27.2. The lowest BCUT2D eigenvalue weighted by molar-refractivity contribution is -0.139. The number of carboxylic acid groups (broad SMARTS) is 1. The van der Waals surface area contributed by atoms with Crippen LogP contribution >= 0.6 is 11.5 Å². The summed E-state index contributed by atoms with van der Waals surface area (Å²) in [6, 6.07) is 13.8. The van der Waals surface area contributed by atoms with Crippen molar-refractivity contribution in [1.82, 2.24) is 19.7 Å². The Kier molecular flexibility index (Phi) is 8.32. The number of benzene rings is 2. The standard InChI is InChI=1S/C28H29N5O4S/c1-16-11-17(2)25(18(3)12-16)26(34)31-22(28(35)36)13-19-5-7-20(8-6-19)27-32-24(33-38-27)15-30-23-14-21(37-4)9-10-29-23/h5-12,14,22H,13,15H2,1-4H3,(H,29,30)(H,31,34)(H,35,36). The van der Waals surface area contributed by atoms with Crippen LogP contribution in [0.5, 0.6) is 5.75 Å². The van der Waals surface area contributed by atoms with Gasteiger partial charge in [0.2, 0.25) is 0 Å². The lowest BCUT2D eigenvalue weighted by Gasteiger charge is -2.17. The Morgan fingerprint density at radius 2 is 1.76 bits per heavy atom. The van der Waals surface area contributed by atoms with E-state index >= 15 is 0 Å². The summed E-state index contributed by atoms with van der Waals surface area (Å²) in [4.78, 5) is 33.7. The second-order valence-corrected chi connectivity index (χ2v) is 9.74. The zero-order valence-electron chi connectivity index (χ0n) is 21.6. The van der Waals surface area contributed by atoms with E-state index in [9.17, 15) is 14.7 Å². The van der Waals surface area contributed by atoms with E-state index in [0.717, 1.165) is 32.8 Å². The number of hydrogen-bond acceptors (Lipinski definition) is 8. The first-order valence-electron chi connectivity index (χ1n) is 12.0. The molecule has 10 heteroatoms. The molecule has 0 bridgehead atoms. The van der Waals surface area contributed by atoms with Crippen LogP contribution in [0.2, 0.25) is 0 Å². The molecule has 4 rings (SSSR count). The first-order chi connectivity index (χ1) is 18.2. The maximum absolute atomic E-state index is 12.9. The molecule has 1 unspecified atom stereocenters. The van der Waals surface area contributed by atoms with Gasteiger partial charge in [-0.2, -0.15) is 4.37 Å². The Morgan fingerprint density at radius 3 is 2.42 bits per heavy atom. The highest BCUT2D eigenvalue weighted by Gasteiger charge is 2.23. The van der Waals surface area contributed by atoms with E-state index in [1.54, 1.807) is 25.4 Å². The third kappa shape index (κ3) is 6.51. The number of hydrogen-bond donors (Lipinski definition) is 3.